The molecule has 0 N–H and O–H groups in total. The molecule has 4 aliphatic carbocycles. The van der Waals surface area contributed by atoms with Crippen LogP contribution in [0.1, 0.15) is 19.3 Å². The lowest BCUT2D eigenvalue weighted by atomic mass is 9.69. The Morgan fingerprint density at radius 1 is 1.24 bits per heavy atom. The molecular formula is C16H20Cl2O2Si. The first-order valence-electron chi connectivity index (χ1n) is 7.90. The minimum Gasteiger partial charge on any atom is -0.491 e. The maximum atomic E-state index is 12.5. The third-order valence-corrected chi connectivity index (χ3v) is 8.86. The summed E-state index contributed by atoms with van der Waals surface area (Å²) in [5.41, 5.74) is 0. The molecule has 21 heavy (non-hydrogen) atoms. The van der Waals surface area contributed by atoms with Crippen molar-refractivity contribution in [3.8, 4) is 0 Å². The van der Waals surface area contributed by atoms with Gasteiger partial charge in [0.1, 0.15) is 0 Å². The van der Waals surface area contributed by atoms with Gasteiger partial charge in [-0.3, -0.25) is 4.79 Å². The molecule has 0 aliphatic heterocycles. The lowest BCUT2D eigenvalue weighted by Gasteiger charge is -2.36. The lowest BCUT2D eigenvalue weighted by Crippen LogP contribution is -2.38. The van der Waals surface area contributed by atoms with Crippen molar-refractivity contribution in [3.05, 3.63) is 24.8 Å². The summed E-state index contributed by atoms with van der Waals surface area (Å²) in [7, 11) is 0. The zero-order valence-corrected chi connectivity index (χ0v) is 14.4. The predicted molar refractivity (Wildman–Crippen MR) is 86.0 cm³/mol. The van der Waals surface area contributed by atoms with Crippen LogP contribution in [0.2, 0.25) is 6.04 Å². The fraction of sp³-hybridized carbons (Fsp3) is 0.688. The van der Waals surface area contributed by atoms with E-state index in [9.17, 15) is 4.79 Å². The Balaban J connectivity index is 1.48. The normalized spacial score (nSPS) is 45.9. The molecule has 7 unspecified atom stereocenters. The minimum atomic E-state index is -2.95. The smallest absolute Gasteiger partial charge is 0.455 e. The number of hydrogen-bond acceptors (Lipinski definition) is 2. The van der Waals surface area contributed by atoms with E-state index in [1.165, 1.54) is 12.8 Å². The van der Waals surface area contributed by atoms with Crippen molar-refractivity contribution in [3.63, 3.8) is 0 Å². The highest BCUT2D eigenvalue weighted by atomic mass is 35.7. The van der Waals surface area contributed by atoms with E-state index >= 15 is 0 Å². The van der Waals surface area contributed by atoms with Crippen LogP contribution in [-0.2, 0) is 9.22 Å². The van der Waals surface area contributed by atoms with Crippen molar-refractivity contribution < 1.29 is 9.22 Å². The van der Waals surface area contributed by atoms with Gasteiger partial charge in [-0.15, -0.1) is 6.58 Å². The molecule has 0 aromatic rings. The molecule has 5 heteroatoms. The van der Waals surface area contributed by atoms with Gasteiger partial charge in [-0.1, -0.05) is 40.4 Å². The fourth-order valence-corrected chi connectivity index (χ4v) is 7.70. The highest BCUT2D eigenvalue weighted by Gasteiger charge is 2.62. The molecule has 0 aromatic heterocycles. The Kier molecular flexibility index (Phi) is 3.33. The molecule has 3 fully saturated rings. The monoisotopic (exact) mass is 342 g/mol. The lowest BCUT2D eigenvalue weighted by molar-refractivity contribution is -0.142. The van der Waals surface area contributed by atoms with Crippen LogP contribution < -0.4 is 0 Å². The second-order valence-electron chi connectivity index (χ2n) is 7.16. The van der Waals surface area contributed by atoms with E-state index < -0.39 is 6.94 Å². The van der Waals surface area contributed by atoms with Crippen LogP contribution in [0, 0.1) is 41.4 Å². The number of hydrogen-bond donors (Lipinski definition) is 0. The third-order valence-electron chi connectivity index (χ3n) is 6.20. The van der Waals surface area contributed by atoms with Gasteiger partial charge in [-0.25, -0.2) is 0 Å². The summed E-state index contributed by atoms with van der Waals surface area (Å²) in [4.78, 5) is 12.5. The van der Waals surface area contributed by atoms with E-state index in [0.717, 1.165) is 18.3 Å². The van der Waals surface area contributed by atoms with Gasteiger partial charge in [-0.2, -0.15) is 0 Å². The molecule has 7 atom stereocenters. The van der Waals surface area contributed by atoms with E-state index in [2.05, 4.69) is 18.7 Å². The number of halogens is 2. The molecule has 114 valence electrons. The highest BCUT2D eigenvalue weighted by molar-refractivity contribution is 7.42. The number of carbonyl (C=O) groups is 1. The molecular weight excluding hydrogens is 323 g/mol. The fourth-order valence-electron chi connectivity index (χ4n) is 5.72. The molecule has 0 heterocycles. The minimum absolute atomic E-state index is 0.0261. The van der Waals surface area contributed by atoms with E-state index in [1.54, 1.807) is 6.08 Å². The topological polar surface area (TPSA) is 26.3 Å². The van der Waals surface area contributed by atoms with Gasteiger partial charge in [0.15, 0.2) is 0 Å². The van der Waals surface area contributed by atoms with E-state index in [-0.39, 0.29) is 11.9 Å². The highest BCUT2D eigenvalue weighted by Crippen LogP contribution is 2.67. The van der Waals surface area contributed by atoms with Crippen LogP contribution in [0.25, 0.3) is 0 Å². The summed E-state index contributed by atoms with van der Waals surface area (Å²) in [5, 5.41) is 0. The average Bonchev–Trinajstić information content (AvgIpc) is 3.16. The van der Waals surface area contributed by atoms with E-state index in [4.69, 9.17) is 26.6 Å². The summed E-state index contributed by atoms with van der Waals surface area (Å²) < 4.78 is 5.48. The van der Waals surface area contributed by atoms with Gasteiger partial charge in [0.25, 0.3) is 5.97 Å². The Bertz CT molecular complexity index is 518. The summed E-state index contributed by atoms with van der Waals surface area (Å²) in [5.74, 6) is 4.10. The Hall–Kier alpha value is -0.253. The summed E-state index contributed by atoms with van der Waals surface area (Å²) in [6.45, 7) is 0.676. The van der Waals surface area contributed by atoms with Crippen LogP contribution in [-0.4, -0.2) is 12.9 Å². The van der Waals surface area contributed by atoms with Gasteiger partial charge in [0, 0.05) is 6.04 Å². The molecule has 3 saturated carbocycles. The first kappa shape index (κ1) is 14.3. The Morgan fingerprint density at radius 3 is 2.67 bits per heavy atom. The van der Waals surface area contributed by atoms with Crippen LogP contribution in [0.15, 0.2) is 24.8 Å². The van der Waals surface area contributed by atoms with Crippen LogP contribution >= 0.6 is 22.2 Å². The third kappa shape index (κ3) is 2.15. The number of carbonyl (C=O) groups excluding carboxylic acids is 1. The maximum Gasteiger partial charge on any atom is 0.455 e. The van der Waals surface area contributed by atoms with Gasteiger partial charge >= 0.3 is 6.94 Å². The molecule has 0 spiro atoms. The SMILES string of the molecule is C=CC[Si](Cl)(Cl)OC(=O)C1CC2CC1C1C3C=CC(C3)C21. The first-order chi connectivity index (χ1) is 10.00. The Labute approximate surface area is 136 Å². The molecule has 2 nitrogen and oxygen atoms in total. The molecule has 4 bridgehead atoms. The van der Waals surface area contributed by atoms with Crippen molar-refractivity contribution in [2.24, 2.45) is 41.4 Å². The van der Waals surface area contributed by atoms with E-state index in [1.807, 2.05) is 0 Å². The van der Waals surface area contributed by atoms with Crippen LogP contribution in [0.4, 0.5) is 0 Å². The standard InChI is InChI=1S/C16H20Cl2O2Si/c1-2-5-21(17,18)20-16(19)13-8-11-7-12(13)15-10-4-3-9(6-10)14(11)15/h2-4,9-15H,1,5-8H2. The van der Waals surface area contributed by atoms with Gasteiger partial charge in [-0.05, 0) is 54.8 Å². The largest absolute Gasteiger partial charge is 0.491 e. The number of rotatable bonds is 4. The van der Waals surface area contributed by atoms with Crippen molar-refractivity contribution in [2.45, 2.75) is 25.3 Å². The summed E-state index contributed by atoms with van der Waals surface area (Å²) >= 11 is 12.3. The van der Waals surface area contributed by atoms with Crippen molar-refractivity contribution in [2.75, 3.05) is 0 Å². The molecule has 0 amide bonds. The van der Waals surface area contributed by atoms with Crippen molar-refractivity contribution in [1.82, 2.24) is 0 Å². The summed E-state index contributed by atoms with van der Waals surface area (Å²) in [6.07, 6.45) is 9.92. The molecule has 4 aliphatic rings. The quantitative estimate of drug-likeness (QED) is 0.331. The summed E-state index contributed by atoms with van der Waals surface area (Å²) in [6, 6.07) is 0.391. The van der Waals surface area contributed by atoms with Crippen molar-refractivity contribution in [1.29, 1.82) is 0 Å². The number of fused-ring (bicyclic) bond motifs is 9. The molecule has 4 rings (SSSR count). The van der Waals surface area contributed by atoms with Gasteiger partial charge < -0.3 is 4.43 Å². The second kappa shape index (κ2) is 4.87. The van der Waals surface area contributed by atoms with Gasteiger partial charge in [0.05, 0.1) is 5.92 Å². The average molecular weight is 343 g/mol. The predicted octanol–water partition coefficient (Wildman–Crippen LogP) is 4.23. The van der Waals surface area contributed by atoms with E-state index in [0.29, 0.717) is 29.7 Å². The first-order valence-corrected chi connectivity index (χ1v) is 12.0. The zero-order valence-electron chi connectivity index (χ0n) is 11.9. The van der Waals surface area contributed by atoms with Gasteiger partial charge in [0.2, 0.25) is 0 Å². The number of allylic oxidation sites excluding steroid dienone is 3. The second-order valence-corrected chi connectivity index (χ2v) is 13.3. The molecule has 0 radical (unpaired) electrons. The molecule has 0 aromatic carbocycles. The van der Waals surface area contributed by atoms with Crippen molar-refractivity contribution >= 4 is 35.1 Å². The van der Waals surface area contributed by atoms with Crippen LogP contribution in [0.5, 0.6) is 0 Å². The molecule has 0 saturated heterocycles. The van der Waals surface area contributed by atoms with Crippen LogP contribution in [0.3, 0.4) is 0 Å². The zero-order chi connectivity index (χ0) is 14.8. The maximum absolute atomic E-state index is 12.5. The Morgan fingerprint density at radius 2 is 1.95 bits per heavy atom.